The summed E-state index contributed by atoms with van der Waals surface area (Å²) in [6.07, 6.45) is 2.65. The Morgan fingerprint density at radius 2 is 1.07 bits per heavy atom. The van der Waals surface area contributed by atoms with Crippen molar-refractivity contribution in [1.82, 2.24) is 9.97 Å². The molecule has 0 unspecified atom stereocenters. The maximum atomic E-state index is 13.7. The highest BCUT2D eigenvalue weighted by atomic mass is 79.9. The molecule has 2 aromatic heterocycles. The van der Waals surface area contributed by atoms with Gasteiger partial charge in [-0.15, -0.1) is 0 Å². The largest absolute Gasteiger partial charge is 0.368 e. The number of benzene rings is 1. The summed E-state index contributed by atoms with van der Waals surface area (Å²) in [6.45, 7) is 8.95. The first kappa shape index (κ1) is 34.3. The number of nitrogens with zero attached hydrogens (tertiary/aromatic N) is 4. The minimum Gasteiger partial charge on any atom is -0.368 e. The zero-order chi connectivity index (χ0) is 32.1. The Morgan fingerprint density at radius 1 is 0.707 bits per heavy atom. The predicted molar refractivity (Wildman–Crippen MR) is 162 cm³/mol. The van der Waals surface area contributed by atoms with E-state index in [9.17, 15) is 27.2 Å². The summed E-state index contributed by atoms with van der Waals surface area (Å²) in [5.41, 5.74) is 0.927. The van der Waals surface area contributed by atoms with Crippen molar-refractivity contribution < 1.29 is 28.5 Å². The molecule has 0 N–H and O–H groups in total. The lowest BCUT2D eigenvalue weighted by Crippen LogP contribution is -2.46. The van der Waals surface area contributed by atoms with Crippen LogP contribution in [-0.2, 0) is 21.4 Å². The molecule has 1 aliphatic heterocycles. The van der Waals surface area contributed by atoms with E-state index in [0.29, 0.717) is 4.47 Å². The van der Waals surface area contributed by atoms with Crippen molar-refractivity contribution in [3.05, 3.63) is 81.3 Å². The molecule has 0 radical (unpaired) electrons. The van der Waals surface area contributed by atoms with Crippen molar-refractivity contribution in [2.45, 2.75) is 46.9 Å². The van der Waals surface area contributed by atoms with Crippen LogP contribution in [0.4, 0.5) is 28.9 Å². The van der Waals surface area contributed by atoms with Crippen molar-refractivity contribution in [2.24, 2.45) is 0 Å². The van der Waals surface area contributed by atoms with Crippen LogP contribution in [0.3, 0.4) is 0 Å². The zero-order valence-corrected chi connectivity index (χ0v) is 26.6. The molecule has 12 heteroatoms. The van der Waals surface area contributed by atoms with Gasteiger partial charge in [0.15, 0.2) is 0 Å². The summed E-state index contributed by atoms with van der Waals surface area (Å²) in [5.74, 6) is -9.42. The molecule has 0 amide bonds. The van der Waals surface area contributed by atoms with E-state index in [-0.39, 0.29) is 0 Å². The van der Waals surface area contributed by atoms with E-state index >= 15 is 0 Å². The number of Topliss-reactive ketones (excluding diaryl/α,β-unsaturated/α-hetero) is 2. The lowest BCUT2D eigenvalue weighted by molar-refractivity contribution is -0.142. The number of carbonyl (C=O) groups is 2. The number of rotatable bonds is 6. The number of aromatic nitrogens is 2. The van der Waals surface area contributed by atoms with Gasteiger partial charge in [0.1, 0.15) is 11.4 Å². The van der Waals surface area contributed by atoms with Crippen LogP contribution in [-0.4, -0.2) is 47.7 Å². The average molecular weight is 707 g/mol. The van der Waals surface area contributed by atoms with Gasteiger partial charge in [0.05, 0.1) is 11.9 Å². The molecular formula is C29H34Br2F4N4O2. The van der Waals surface area contributed by atoms with Crippen LogP contribution in [0.5, 0.6) is 0 Å². The number of alkyl halides is 4. The van der Waals surface area contributed by atoms with E-state index in [4.69, 9.17) is 1.37 Å². The zero-order valence-electron chi connectivity index (χ0n) is 24.5. The van der Waals surface area contributed by atoms with Crippen LogP contribution in [0.2, 0.25) is 0 Å². The second-order valence-electron chi connectivity index (χ2n) is 8.47. The summed E-state index contributed by atoms with van der Waals surface area (Å²) < 4.78 is 60.7. The van der Waals surface area contributed by atoms with Crippen LogP contribution < -0.4 is 9.80 Å². The van der Waals surface area contributed by atoms with Gasteiger partial charge in [0.25, 0.3) is 0 Å². The van der Waals surface area contributed by atoms with E-state index in [0.717, 1.165) is 61.9 Å². The Labute approximate surface area is 256 Å². The number of hydrogen-bond acceptors (Lipinski definition) is 6. The van der Waals surface area contributed by atoms with Crippen molar-refractivity contribution in [1.29, 1.82) is 0 Å². The Balaban J connectivity index is 0.000000438. The maximum absolute atomic E-state index is 13.7. The average Bonchev–Trinajstić information content (AvgIpc) is 3.00. The molecule has 1 aromatic carbocycles. The van der Waals surface area contributed by atoms with E-state index in [2.05, 4.69) is 63.8 Å². The summed E-state index contributed by atoms with van der Waals surface area (Å²) in [5, 5.41) is 0. The number of pyridine rings is 2. The van der Waals surface area contributed by atoms with Crippen LogP contribution in [0.1, 0.15) is 47.9 Å². The smallest absolute Gasteiger partial charge is 0.346 e. The number of hydrogen-bond donors (Lipinski definition) is 0. The number of carbonyl (C=O) groups excluding carboxylic acids is 2. The molecule has 0 saturated carbocycles. The highest BCUT2D eigenvalue weighted by molar-refractivity contribution is 9.10. The van der Waals surface area contributed by atoms with Crippen LogP contribution in [0.15, 0.2) is 69.9 Å². The molecule has 3 aromatic rings. The van der Waals surface area contributed by atoms with Gasteiger partial charge in [0, 0.05) is 62.2 Å². The summed E-state index contributed by atoms with van der Waals surface area (Å²) in [4.78, 5) is 33.2. The predicted octanol–water partition coefficient (Wildman–Crippen LogP) is 8.04. The van der Waals surface area contributed by atoms with Crippen molar-refractivity contribution in [3.63, 3.8) is 0 Å². The minimum absolute atomic E-state index is 0.503. The molecule has 4 rings (SSSR count). The second kappa shape index (κ2) is 16.0. The lowest BCUT2D eigenvalue weighted by atomic mass is 10.1. The normalized spacial score (nSPS) is 13.3. The Hall–Kier alpha value is -2.86. The molecule has 6 nitrogen and oxygen atoms in total. The van der Waals surface area contributed by atoms with E-state index in [1.165, 1.54) is 31.9 Å². The molecule has 41 heavy (non-hydrogen) atoms. The highest BCUT2D eigenvalue weighted by Crippen LogP contribution is 2.29. The van der Waals surface area contributed by atoms with Crippen molar-refractivity contribution in [3.8, 4) is 0 Å². The monoisotopic (exact) mass is 705 g/mol. The molecule has 1 fully saturated rings. The first-order valence-corrected chi connectivity index (χ1v) is 14.0. The van der Waals surface area contributed by atoms with Gasteiger partial charge in [-0.3, -0.25) is 19.6 Å². The SMILES string of the molecule is CC.CC(=O)C(F)(F)c1ccc(Br)cn1.CC(=O)C(F)(F)c1ccc(N2CCN(c3ccc(Br)cc3)CC2)cn1.[2H]C. The first-order valence-electron chi connectivity index (χ1n) is 13.4. The molecule has 0 atom stereocenters. The fourth-order valence-corrected chi connectivity index (χ4v) is 4.05. The summed E-state index contributed by atoms with van der Waals surface area (Å²) >= 11 is 6.49. The second-order valence-corrected chi connectivity index (χ2v) is 10.3. The number of ketones is 2. The number of halogens is 6. The number of anilines is 2. The minimum atomic E-state index is -3.53. The Morgan fingerprint density at radius 3 is 1.44 bits per heavy atom. The van der Waals surface area contributed by atoms with Crippen molar-refractivity contribution in [2.75, 3.05) is 36.0 Å². The van der Waals surface area contributed by atoms with E-state index in [1.54, 1.807) is 6.07 Å². The first-order chi connectivity index (χ1) is 19.8. The van der Waals surface area contributed by atoms with Gasteiger partial charge in [-0.1, -0.05) is 37.2 Å². The van der Waals surface area contributed by atoms with Gasteiger partial charge < -0.3 is 9.80 Å². The maximum Gasteiger partial charge on any atom is 0.346 e. The molecule has 1 saturated heterocycles. The van der Waals surface area contributed by atoms with E-state index < -0.39 is 34.8 Å². The van der Waals surface area contributed by atoms with Gasteiger partial charge in [-0.05, 0) is 64.5 Å². The lowest BCUT2D eigenvalue weighted by Gasteiger charge is -2.37. The molecular weight excluding hydrogens is 672 g/mol. The van der Waals surface area contributed by atoms with Gasteiger partial charge in [-0.25, -0.2) is 0 Å². The number of piperazine rings is 1. The fraction of sp³-hybridized carbons (Fsp3) is 0.379. The highest BCUT2D eigenvalue weighted by Gasteiger charge is 2.39. The third-order valence-corrected chi connectivity index (χ3v) is 6.84. The standard InChI is InChI=1S/C18H18BrF2N3O.C8H6BrF2NO.C2H6.CH4/c1-13(25)18(20,21)17-7-6-16(12-22-17)24-10-8-23(9-11-24)15-4-2-14(19)3-5-15;1-5(13)8(10,11)7-3-2-6(9)4-12-7;1-2;/h2-7,12H,8-11H2,1H3;2-4H,1H3;1-2H3;1H4/i;;;1D. The van der Waals surface area contributed by atoms with Gasteiger partial charge in [-0.2, -0.15) is 17.6 Å². The molecule has 0 spiro atoms. The van der Waals surface area contributed by atoms with E-state index in [1.807, 2.05) is 26.0 Å². The molecule has 1 aliphatic rings. The van der Waals surface area contributed by atoms with Gasteiger partial charge >= 0.3 is 11.8 Å². The summed E-state index contributed by atoms with van der Waals surface area (Å²) in [7, 11) is 1.25. The molecule has 3 heterocycles. The van der Waals surface area contributed by atoms with Crippen molar-refractivity contribution >= 4 is 54.8 Å². The molecule has 0 aliphatic carbocycles. The molecule has 224 valence electrons. The third kappa shape index (κ3) is 9.59. The fourth-order valence-electron chi connectivity index (χ4n) is 3.56. The van der Waals surface area contributed by atoms with Crippen LogP contribution in [0, 0.1) is 0 Å². The summed E-state index contributed by atoms with van der Waals surface area (Å²) in [6, 6.07) is 13.5. The van der Waals surface area contributed by atoms with Crippen LogP contribution >= 0.6 is 31.9 Å². The Kier molecular flexibility index (Phi) is 13.4. The topological polar surface area (TPSA) is 66.4 Å². The van der Waals surface area contributed by atoms with Crippen LogP contribution in [0.25, 0.3) is 0 Å². The van der Waals surface area contributed by atoms with Gasteiger partial charge in [0.2, 0.25) is 11.6 Å². The molecule has 0 bridgehead atoms. The Bertz CT molecular complexity index is 1260. The third-order valence-electron chi connectivity index (χ3n) is 5.84. The quantitative estimate of drug-likeness (QED) is 0.242.